The fraction of sp³-hybridized carbons (Fsp3) is 0.545. The predicted molar refractivity (Wildman–Crippen MR) is 178 cm³/mol. The van der Waals surface area contributed by atoms with Gasteiger partial charge in [-0.05, 0) is 64.7 Å². The van der Waals surface area contributed by atoms with Crippen LogP contribution in [0.3, 0.4) is 0 Å². The molecule has 3 unspecified atom stereocenters. The van der Waals surface area contributed by atoms with Crippen LogP contribution in [-0.4, -0.2) is 48.4 Å². The molecular formula is C33H51N4O6P. The highest BCUT2D eigenvalue weighted by Crippen LogP contribution is 2.35. The lowest BCUT2D eigenvalue weighted by Crippen LogP contribution is -2.33. The van der Waals surface area contributed by atoms with Gasteiger partial charge in [0.15, 0.2) is 0 Å². The zero-order valence-corrected chi connectivity index (χ0v) is 27.4. The number of aryl methyl sites for hydroxylation is 1. The van der Waals surface area contributed by atoms with E-state index in [1.165, 1.54) is 10.8 Å². The summed E-state index contributed by atoms with van der Waals surface area (Å²) in [6.45, 7) is 5.09. The first-order valence-electron chi connectivity index (χ1n) is 15.6. The van der Waals surface area contributed by atoms with E-state index >= 15 is 0 Å². The van der Waals surface area contributed by atoms with Crippen LogP contribution < -0.4 is 21.7 Å². The first kappa shape index (κ1) is 37.3. The van der Waals surface area contributed by atoms with E-state index in [9.17, 15) is 14.4 Å². The molecule has 10 nitrogen and oxygen atoms in total. The summed E-state index contributed by atoms with van der Waals surface area (Å²) in [5.41, 5.74) is -0.417. The smallest absolute Gasteiger partial charge is 0.330 e. The Kier molecular flexibility index (Phi) is 19.9. The topological polar surface area (TPSA) is 124 Å². The van der Waals surface area contributed by atoms with Crippen LogP contribution in [0.5, 0.6) is 0 Å². The molecule has 1 amide bonds. The zero-order valence-electron chi connectivity index (χ0n) is 26.5. The number of carbonyl (C=O) groups excluding carboxylic acids is 1. The largest absolute Gasteiger partial charge is 0.355 e. The van der Waals surface area contributed by atoms with Crippen molar-refractivity contribution in [3.05, 3.63) is 93.4 Å². The van der Waals surface area contributed by atoms with Crippen molar-refractivity contribution < 1.29 is 18.6 Å². The van der Waals surface area contributed by atoms with E-state index in [1.807, 2.05) is 0 Å². The molecule has 1 fully saturated rings. The maximum Gasteiger partial charge on any atom is 0.330 e. The Labute approximate surface area is 263 Å². The Hall–Kier alpha value is -2.88. The molecule has 2 heterocycles. The molecule has 1 saturated heterocycles. The van der Waals surface area contributed by atoms with E-state index in [4.69, 9.17) is 13.8 Å². The molecule has 44 heavy (non-hydrogen) atoms. The molecule has 3 N–H and O–H groups in total. The summed E-state index contributed by atoms with van der Waals surface area (Å²) in [6, 6.07) is 0. The fourth-order valence-corrected chi connectivity index (χ4v) is 5.24. The molecular weight excluding hydrogens is 579 g/mol. The molecule has 244 valence electrons. The van der Waals surface area contributed by atoms with Crippen molar-refractivity contribution in [3.8, 4) is 0 Å². The minimum atomic E-state index is -1.34. The van der Waals surface area contributed by atoms with E-state index < -0.39 is 26.0 Å². The average Bonchev–Trinajstić information content (AvgIpc) is 3.49. The average molecular weight is 631 g/mol. The third kappa shape index (κ3) is 16.3. The summed E-state index contributed by atoms with van der Waals surface area (Å²) in [6.07, 6.45) is 31.1. The van der Waals surface area contributed by atoms with E-state index in [-0.39, 0.29) is 12.0 Å². The molecule has 1 aromatic heterocycles. The Morgan fingerprint density at radius 3 is 2.27 bits per heavy atom. The van der Waals surface area contributed by atoms with Gasteiger partial charge in [-0.1, -0.05) is 67.7 Å². The third-order valence-electron chi connectivity index (χ3n) is 6.71. The van der Waals surface area contributed by atoms with Gasteiger partial charge in [-0.2, -0.15) is 0 Å². The number of H-pyrrole nitrogens is 1. The predicted octanol–water partition coefficient (Wildman–Crippen LogP) is 6.04. The second kappa shape index (κ2) is 23.5. The lowest BCUT2D eigenvalue weighted by molar-refractivity contribution is -0.121. The summed E-state index contributed by atoms with van der Waals surface area (Å²) >= 11 is 0. The number of nitrogens with zero attached hydrogens (tertiary/aromatic N) is 1. The minimum absolute atomic E-state index is 0.0277. The standard InChI is InChI=1S/C33H51N4O6P/c1-4-5-6-7-8-9-10-11-12-13-14-15-16-17-18-19-20-21-30(38)34-24-25-35-44(41-3)42-27-29-22-23-31(43-29)37-26-28(2)32(39)36-33(37)40/h5-6,8-9,11-12,14-15,17-18,26,29,31,35H,4,7,10,13,16,19-25,27H2,1-3H3,(H,34,38)(H,36,39,40)/b6-5-,9-8-,12-11-,15-14-,18-17-. The van der Waals surface area contributed by atoms with Gasteiger partial charge in [0.05, 0.1) is 12.7 Å². The maximum absolute atomic E-state index is 12.1. The maximum atomic E-state index is 12.1. The summed E-state index contributed by atoms with van der Waals surface area (Å²) in [5, 5.41) is 6.09. The lowest BCUT2D eigenvalue weighted by atomic mass is 10.2. The Bertz CT molecular complexity index is 1220. The van der Waals surface area contributed by atoms with Gasteiger partial charge in [0.2, 0.25) is 5.91 Å². The molecule has 0 aliphatic carbocycles. The monoisotopic (exact) mass is 630 g/mol. The van der Waals surface area contributed by atoms with Crippen LogP contribution in [0.25, 0.3) is 0 Å². The van der Waals surface area contributed by atoms with Crippen molar-refractivity contribution in [3.63, 3.8) is 0 Å². The van der Waals surface area contributed by atoms with E-state index in [1.54, 1.807) is 14.0 Å². The summed E-state index contributed by atoms with van der Waals surface area (Å²) < 4.78 is 18.6. The van der Waals surface area contributed by atoms with Crippen LogP contribution in [0, 0.1) is 6.92 Å². The second-order valence-corrected chi connectivity index (χ2v) is 11.8. The number of nitrogens with one attached hydrogen (secondary N) is 3. The Morgan fingerprint density at radius 1 is 1.00 bits per heavy atom. The SMILES string of the molecule is CC/C=C\C/C=C\C/C=C\C/C=C\C/C=C\CCCC(=O)NCCNP(OC)OCC1CCC(n2cc(C)c(=O)[nH]c2=O)O1. The van der Waals surface area contributed by atoms with Crippen molar-refractivity contribution in [1.29, 1.82) is 0 Å². The molecule has 0 radical (unpaired) electrons. The lowest BCUT2D eigenvalue weighted by Gasteiger charge is -2.19. The molecule has 1 aliphatic heterocycles. The number of hydrogen-bond donors (Lipinski definition) is 3. The van der Waals surface area contributed by atoms with Gasteiger partial charge in [0.1, 0.15) is 6.23 Å². The third-order valence-corrected chi connectivity index (χ3v) is 7.90. The fourth-order valence-electron chi connectivity index (χ4n) is 4.31. The number of carbonyl (C=O) groups is 1. The Balaban J connectivity index is 1.47. The quantitative estimate of drug-likeness (QED) is 0.0811. The first-order valence-corrected chi connectivity index (χ1v) is 16.8. The van der Waals surface area contributed by atoms with Crippen LogP contribution >= 0.6 is 8.53 Å². The highest BCUT2D eigenvalue weighted by molar-refractivity contribution is 7.44. The van der Waals surface area contributed by atoms with Gasteiger partial charge in [-0.3, -0.25) is 19.1 Å². The van der Waals surface area contributed by atoms with Gasteiger partial charge in [0, 0.05) is 38.4 Å². The number of amides is 1. The summed E-state index contributed by atoms with van der Waals surface area (Å²) in [4.78, 5) is 38.2. The van der Waals surface area contributed by atoms with Crippen LogP contribution in [0.1, 0.15) is 82.9 Å². The van der Waals surface area contributed by atoms with Crippen molar-refractivity contribution in [2.24, 2.45) is 0 Å². The highest BCUT2D eigenvalue weighted by atomic mass is 31.2. The van der Waals surface area contributed by atoms with Gasteiger partial charge in [-0.15, -0.1) is 0 Å². The number of unbranched alkanes of at least 4 members (excludes halogenated alkanes) is 1. The second-order valence-electron chi connectivity index (χ2n) is 10.4. The van der Waals surface area contributed by atoms with Gasteiger partial charge < -0.3 is 19.1 Å². The molecule has 1 aliphatic rings. The number of ether oxygens (including phenoxy) is 1. The van der Waals surface area contributed by atoms with Crippen LogP contribution in [0.4, 0.5) is 0 Å². The molecule has 0 saturated carbocycles. The molecule has 0 spiro atoms. The Morgan fingerprint density at radius 2 is 1.64 bits per heavy atom. The number of aromatic amines is 1. The normalized spacial score (nSPS) is 18.2. The number of allylic oxidation sites excluding steroid dienone is 10. The van der Waals surface area contributed by atoms with E-state index in [2.05, 4.69) is 83.1 Å². The molecule has 11 heteroatoms. The van der Waals surface area contributed by atoms with Crippen LogP contribution in [0.15, 0.2) is 76.5 Å². The number of rotatable bonds is 22. The van der Waals surface area contributed by atoms with Gasteiger partial charge in [0.25, 0.3) is 14.1 Å². The molecule has 0 aromatic carbocycles. The molecule has 1 aromatic rings. The van der Waals surface area contributed by atoms with Crippen molar-refractivity contribution in [1.82, 2.24) is 20.0 Å². The molecule has 0 bridgehead atoms. The summed E-state index contributed by atoms with van der Waals surface area (Å²) in [7, 11) is 0.222. The molecule has 2 rings (SSSR count). The van der Waals surface area contributed by atoms with Crippen molar-refractivity contribution in [2.75, 3.05) is 26.8 Å². The van der Waals surface area contributed by atoms with Crippen molar-refractivity contribution in [2.45, 2.75) is 90.4 Å². The first-order chi connectivity index (χ1) is 21.4. The van der Waals surface area contributed by atoms with Gasteiger partial charge >= 0.3 is 5.69 Å². The minimum Gasteiger partial charge on any atom is -0.355 e. The van der Waals surface area contributed by atoms with Crippen LogP contribution in [0.2, 0.25) is 0 Å². The highest BCUT2D eigenvalue weighted by Gasteiger charge is 2.28. The summed E-state index contributed by atoms with van der Waals surface area (Å²) in [5.74, 6) is 0.0277. The van der Waals surface area contributed by atoms with Crippen molar-refractivity contribution >= 4 is 14.4 Å². The zero-order chi connectivity index (χ0) is 31.8. The van der Waals surface area contributed by atoms with E-state index in [0.717, 1.165) is 51.4 Å². The molecule has 3 atom stereocenters. The van der Waals surface area contributed by atoms with Gasteiger partial charge in [-0.25, -0.2) is 9.88 Å². The number of hydrogen-bond acceptors (Lipinski definition) is 7. The number of aromatic nitrogens is 2. The van der Waals surface area contributed by atoms with Crippen LogP contribution in [-0.2, 0) is 18.6 Å². The van der Waals surface area contributed by atoms with E-state index in [0.29, 0.717) is 38.1 Å².